The summed E-state index contributed by atoms with van der Waals surface area (Å²) >= 11 is 0. The van der Waals surface area contributed by atoms with Crippen molar-refractivity contribution in [1.82, 2.24) is 0 Å². The minimum Gasteiger partial charge on any atom is -0.349 e. The van der Waals surface area contributed by atoms with E-state index in [2.05, 4.69) is 0 Å². The summed E-state index contributed by atoms with van der Waals surface area (Å²) in [5.74, 6) is -0.789. The highest BCUT2D eigenvalue weighted by Crippen LogP contribution is 2.46. The number of rotatable bonds is 2. The molecular formula is C26H26F2O8. The first-order valence-corrected chi connectivity index (χ1v) is 12.2. The van der Waals surface area contributed by atoms with Gasteiger partial charge in [-0.25, -0.2) is 8.78 Å². The highest BCUT2D eigenvalue weighted by atomic mass is 19.1. The van der Waals surface area contributed by atoms with Gasteiger partial charge in [0, 0.05) is 11.1 Å². The van der Waals surface area contributed by atoms with Gasteiger partial charge in [0.25, 0.3) is 0 Å². The third kappa shape index (κ3) is 3.97. The molecule has 0 amide bonds. The maximum absolute atomic E-state index is 13.6. The Morgan fingerprint density at radius 3 is 1.28 bits per heavy atom. The number of fused-ring (bicyclic) bond motifs is 4. The fraction of sp³-hybridized carbons (Fsp3) is 0.538. The van der Waals surface area contributed by atoms with Crippen molar-refractivity contribution in [3.63, 3.8) is 0 Å². The quantitative estimate of drug-likeness (QED) is 0.615. The summed E-state index contributed by atoms with van der Waals surface area (Å²) < 4.78 is 71.4. The van der Waals surface area contributed by atoms with Crippen LogP contribution in [-0.4, -0.2) is 62.9 Å². The molecule has 8 fully saturated rings. The maximum atomic E-state index is 13.6. The van der Waals surface area contributed by atoms with E-state index >= 15 is 0 Å². The molecule has 12 atom stereocenters. The van der Waals surface area contributed by atoms with Crippen LogP contribution in [-0.2, 0) is 37.9 Å². The van der Waals surface area contributed by atoms with Crippen LogP contribution >= 0.6 is 0 Å². The fourth-order valence-corrected chi connectivity index (χ4v) is 5.54. The standard InChI is InChI=1S/2C13H13FO4/c2*14-11-8-6-15-13(18-11)10-9(8)16-12(17-10)7-4-2-1-3-5-7/h2*1-5,8-13H,6H2/t2*8-,9+,10+,11-,12+,13-/m11/s1. The molecule has 8 aliphatic rings. The van der Waals surface area contributed by atoms with Crippen LogP contribution in [0.4, 0.5) is 8.78 Å². The van der Waals surface area contributed by atoms with Crippen LogP contribution in [0.5, 0.6) is 0 Å². The van der Waals surface area contributed by atoms with Gasteiger partial charge in [0.05, 0.1) is 25.0 Å². The second-order valence-electron chi connectivity index (χ2n) is 9.59. The maximum Gasteiger partial charge on any atom is 0.209 e. The summed E-state index contributed by atoms with van der Waals surface area (Å²) in [6, 6.07) is 19.3. The van der Waals surface area contributed by atoms with Crippen molar-refractivity contribution in [3.05, 3.63) is 71.8 Å². The highest BCUT2D eigenvalue weighted by Gasteiger charge is 2.58. The molecule has 2 aromatic rings. The molecule has 0 unspecified atom stereocenters. The van der Waals surface area contributed by atoms with Crippen LogP contribution in [0.2, 0.25) is 0 Å². The number of benzene rings is 2. The van der Waals surface area contributed by atoms with E-state index in [9.17, 15) is 8.78 Å². The molecule has 10 rings (SSSR count). The normalized spacial score (nSPS) is 46.1. The smallest absolute Gasteiger partial charge is 0.209 e. The van der Waals surface area contributed by atoms with Gasteiger partial charge in [0.1, 0.15) is 24.4 Å². The average molecular weight is 504 g/mol. The molecule has 10 heteroatoms. The van der Waals surface area contributed by atoms with Crippen molar-refractivity contribution < 1.29 is 46.7 Å². The van der Waals surface area contributed by atoms with Gasteiger partial charge in [-0.15, -0.1) is 0 Å². The van der Waals surface area contributed by atoms with E-state index in [1.54, 1.807) is 0 Å². The molecule has 8 aliphatic heterocycles. The van der Waals surface area contributed by atoms with Gasteiger partial charge in [-0.05, 0) is 0 Å². The first kappa shape index (κ1) is 23.1. The number of hydrogen-bond acceptors (Lipinski definition) is 8. The van der Waals surface area contributed by atoms with E-state index in [1.807, 2.05) is 60.7 Å². The lowest BCUT2D eigenvalue weighted by atomic mass is 9.93. The fourth-order valence-electron chi connectivity index (χ4n) is 5.54. The van der Waals surface area contributed by atoms with Crippen molar-refractivity contribution in [2.24, 2.45) is 11.8 Å². The SMILES string of the molecule is F[C@@H]1O[C@H]2OC[C@@H]1[C@@H]1O[C@H](c3ccccc3)O[C@H]21.F[C@@H]1O[C@H]2OC[C@@H]1[C@@H]1O[C@H](c3ccccc3)O[C@H]21. The number of hydrogen-bond donors (Lipinski definition) is 0. The van der Waals surface area contributed by atoms with Gasteiger partial charge in [-0.2, -0.15) is 0 Å². The van der Waals surface area contributed by atoms with E-state index in [0.29, 0.717) is 13.2 Å². The predicted molar refractivity (Wildman–Crippen MR) is 116 cm³/mol. The second-order valence-corrected chi connectivity index (χ2v) is 9.59. The molecule has 4 bridgehead atoms. The third-order valence-electron chi connectivity index (χ3n) is 7.40. The Kier molecular flexibility index (Phi) is 6.02. The van der Waals surface area contributed by atoms with Crippen LogP contribution in [0, 0.1) is 11.8 Å². The lowest BCUT2D eigenvalue weighted by molar-refractivity contribution is -0.345. The van der Waals surface area contributed by atoms with Crippen molar-refractivity contribution in [2.75, 3.05) is 13.2 Å². The largest absolute Gasteiger partial charge is 0.349 e. The Morgan fingerprint density at radius 2 is 0.889 bits per heavy atom. The first-order valence-electron chi connectivity index (χ1n) is 12.2. The van der Waals surface area contributed by atoms with E-state index in [1.165, 1.54) is 0 Å². The Labute approximate surface area is 206 Å². The molecule has 8 heterocycles. The Hall–Kier alpha value is -2.02. The molecule has 192 valence electrons. The van der Waals surface area contributed by atoms with Crippen LogP contribution < -0.4 is 0 Å². The molecule has 0 spiro atoms. The molecule has 2 aromatic carbocycles. The molecule has 8 saturated heterocycles. The van der Waals surface area contributed by atoms with Gasteiger partial charge in [-0.3, -0.25) is 0 Å². The summed E-state index contributed by atoms with van der Waals surface area (Å²) in [6.45, 7) is 0.662. The lowest BCUT2D eigenvalue weighted by Crippen LogP contribution is -2.59. The van der Waals surface area contributed by atoms with E-state index in [4.69, 9.17) is 37.9 Å². The van der Waals surface area contributed by atoms with Crippen molar-refractivity contribution in [1.29, 1.82) is 0 Å². The van der Waals surface area contributed by atoms with Gasteiger partial charge in [0.2, 0.25) is 12.7 Å². The third-order valence-corrected chi connectivity index (χ3v) is 7.40. The van der Waals surface area contributed by atoms with Crippen molar-refractivity contribution in [2.45, 2.75) is 62.3 Å². The summed E-state index contributed by atoms with van der Waals surface area (Å²) in [7, 11) is 0. The molecule has 0 aliphatic carbocycles. The molecule has 0 N–H and O–H groups in total. The van der Waals surface area contributed by atoms with Crippen molar-refractivity contribution >= 4 is 0 Å². The summed E-state index contributed by atoms with van der Waals surface area (Å²) in [5, 5.41) is 0. The van der Waals surface area contributed by atoms with E-state index in [0.717, 1.165) is 11.1 Å². The summed E-state index contributed by atoms with van der Waals surface area (Å²) in [6.07, 6.45) is -6.07. The zero-order chi connectivity index (χ0) is 24.2. The molecule has 0 radical (unpaired) electrons. The number of halogens is 2. The van der Waals surface area contributed by atoms with Crippen LogP contribution in [0.3, 0.4) is 0 Å². The highest BCUT2D eigenvalue weighted by molar-refractivity contribution is 5.18. The van der Waals surface area contributed by atoms with Gasteiger partial charge in [0.15, 0.2) is 25.2 Å². The minimum absolute atomic E-state index is 0.280. The van der Waals surface area contributed by atoms with Gasteiger partial charge < -0.3 is 37.9 Å². The summed E-state index contributed by atoms with van der Waals surface area (Å²) in [4.78, 5) is 0. The molecule has 0 saturated carbocycles. The van der Waals surface area contributed by atoms with Crippen molar-refractivity contribution in [3.8, 4) is 0 Å². The minimum atomic E-state index is -1.32. The van der Waals surface area contributed by atoms with E-state index < -0.39 is 49.7 Å². The zero-order valence-corrected chi connectivity index (χ0v) is 19.1. The Morgan fingerprint density at radius 1 is 0.500 bits per heavy atom. The topological polar surface area (TPSA) is 73.8 Å². The van der Waals surface area contributed by atoms with Crippen LogP contribution in [0.1, 0.15) is 23.7 Å². The predicted octanol–water partition coefficient (Wildman–Crippen LogP) is 3.54. The number of alkyl halides is 2. The van der Waals surface area contributed by atoms with E-state index in [-0.39, 0.29) is 24.4 Å². The summed E-state index contributed by atoms with van der Waals surface area (Å²) in [5.41, 5.74) is 1.86. The molecule has 36 heavy (non-hydrogen) atoms. The molecular weight excluding hydrogens is 478 g/mol. The Bertz CT molecular complexity index is 963. The lowest BCUT2D eigenvalue weighted by Gasteiger charge is -2.44. The van der Waals surface area contributed by atoms with Crippen LogP contribution in [0.25, 0.3) is 0 Å². The van der Waals surface area contributed by atoms with Crippen LogP contribution in [0.15, 0.2) is 60.7 Å². The average Bonchev–Trinajstić information content (AvgIpc) is 3.58. The first-order chi connectivity index (χ1) is 17.7. The van der Waals surface area contributed by atoms with Gasteiger partial charge in [-0.1, -0.05) is 60.7 Å². The van der Waals surface area contributed by atoms with Gasteiger partial charge >= 0.3 is 0 Å². The monoisotopic (exact) mass is 504 g/mol. The number of ether oxygens (including phenoxy) is 8. The molecule has 0 aromatic heterocycles. The molecule has 8 nitrogen and oxygen atoms in total. The second kappa shape index (κ2) is 9.38. The Balaban J connectivity index is 0.000000122. The zero-order valence-electron chi connectivity index (χ0n) is 19.1.